The van der Waals surface area contributed by atoms with Gasteiger partial charge in [-0.1, -0.05) is 26.0 Å². The number of amides is 1. The number of carbonyl (C=O) groups is 1. The number of nitro benzene ring substituents is 1. The van der Waals surface area contributed by atoms with Crippen molar-refractivity contribution in [3.8, 4) is 0 Å². The lowest BCUT2D eigenvalue weighted by Crippen LogP contribution is -2.36. The molecule has 1 rings (SSSR count). The number of hydrogen-bond acceptors (Lipinski definition) is 4. The lowest BCUT2D eigenvalue weighted by Gasteiger charge is -2.17. The van der Waals surface area contributed by atoms with E-state index in [0.717, 1.165) is 5.56 Å². The van der Waals surface area contributed by atoms with Crippen LogP contribution in [0.1, 0.15) is 19.4 Å². The molecule has 6 nitrogen and oxygen atoms in total. The molecule has 1 aromatic carbocycles. The first kappa shape index (κ1) is 17.6. The van der Waals surface area contributed by atoms with Gasteiger partial charge in [0.1, 0.15) is 0 Å². The molecule has 0 aliphatic heterocycles. The van der Waals surface area contributed by atoms with Crippen LogP contribution in [0.4, 0.5) is 5.69 Å². The molecule has 0 atom stereocenters. The quantitative estimate of drug-likeness (QED) is 0.600. The molecular weight excluding hydrogens is 338 g/mol. The van der Waals surface area contributed by atoms with Crippen LogP contribution in [0.5, 0.6) is 0 Å². The Bertz CT molecular complexity index is 520. The zero-order chi connectivity index (χ0) is 16.0. The largest absolute Gasteiger partial charge is 0.355 e. The topological polar surface area (TPSA) is 75.5 Å². The first-order chi connectivity index (χ1) is 9.81. The summed E-state index contributed by atoms with van der Waals surface area (Å²) in [5.74, 6) is 0.359. The van der Waals surface area contributed by atoms with Gasteiger partial charge in [0.2, 0.25) is 5.91 Å². The highest BCUT2D eigenvalue weighted by Gasteiger charge is 2.16. The number of benzene rings is 1. The van der Waals surface area contributed by atoms with Gasteiger partial charge in [0.15, 0.2) is 0 Å². The summed E-state index contributed by atoms with van der Waals surface area (Å²) in [6, 6.07) is 4.90. The van der Waals surface area contributed by atoms with Gasteiger partial charge in [0.25, 0.3) is 5.69 Å². The van der Waals surface area contributed by atoms with Crippen molar-refractivity contribution in [2.75, 3.05) is 20.1 Å². The monoisotopic (exact) mass is 357 g/mol. The smallest absolute Gasteiger partial charge is 0.283 e. The van der Waals surface area contributed by atoms with E-state index in [1.807, 2.05) is 18.7 Å². The number of nitrogens with one attached hydrogen (secondary N) is 1. The molecule has 1 aromatic rings. The van der Waals surface area contributed by atoms with Gasteiger partial charge in [0, 0.05) is 19.2 Å². The molecule has 0 spiro atoms. The second-order valence-corrected chi connectivity index (χ2v) is 6.17. The Morgan fingerprint density at radius 1 is 1.48 bits per heavy atom. The average molecular weight is 358 g/mol. The molecule has 0 aliphatic rings. The SMILES string of the molecule is CC(C)CNC(=O)CN(C)Cc1cccc([N+](=O)[O-])c1Br. The highest BCUT2D eigenvalue weighted by Crippen LogP contribution is 2.28. The maximum Gasteiger partial charge on any atom is 0.283 e. The van der Waals surface area contributed by atoms with E-state index in [9.17, 15) is 14.9 Å². The lowest BCUT2D eigenvalue weighted by atomic mass is 10.2. The van der Waals surface area contributed by atoms with Gasteiger partial charge in [0.05, 0.1) is 15.9 Å². The minimum absolute atomic E-state index is 0.0326. The van der Waals surface area contributed by atoms with E-state index in [-0.39, 0.29) is 18.1 Å². The summed E-state index contributed by atoms with van der Waals surface area (Å²) in [6.07, 6.45) is 0. The van der Waals surface area contributed by atoms with E-state index >= 15 is 0 Å². The zero-order valence-corrected chi connectivity index (χ0v) is 14.0. The summed E-state index contributed by atoms with van der Waals surface area (Å²) in [5, 5.41) is 13.7. The van der Waals surface area contributed by atoms with Gasteiger partial charge in [-0.05, 0) is 34.5 Å². The molecule has 0 saturated heterocycles. The van der Waals surface area contributed by atoms with Crippen molar-refractivity contribution in [3.63, 3.8) is 0 Å². The van der Waals surface area contributed by atoms with Gasteiger partial charge in [-0.25, -0.2) is 0 Å². The molecule has 0 heterocycles. The predicted molar refractivity (Wildman–Crippen MR) is 85.0 cm³/mol. The fourth-order valence-corrected chi connectivity index (χ4v) is 2.33. The van der Waals surface area contributed by atoms with Crippen molar-refractivity contribution < 1.29 is 9.72 Å². The van der Waals surface area contributed by atoms with Crippen molar-refractivity contribution in [1.82, 2.24) is 10.2 Å². The van der Waals surface area contributed by atoms with Crippen LogP contribution in [-0.4, -0.2) is 35.9 Å². The average Bonchev–Trinajstić information content (AvgIpc) is 2.38. The van der Waals surface area contributed by atoms with Crippen molar-refractivity contribution >= 4 is 27.5 Å². The second-order valence-electron chi connectivity index (χ2n) is 5.38. The summed E-state index contributed by atoms with van der Waals surface area (Å²) in [7, 11) is 1.81. The van der Waals surface area contributed by atoms with Crippen molar-refractivity contribution in [2.45, 2.75) is 20.4 Å². The Balaban J connectivity index is 2.63. The van der Waals surface area contributed by atoms with E-state index in [2.05, 4.69) is 21.2 Å². The Labute approximate surface area is 132 Å². The zero-order valence-electron chi connectivity index (χ0n) is 12.4. The number of nitrogens with zero attached hydrogens (tertiary/aromatic N) is 2. The number of rotatable bonds is 7. The lowest BCUT2D eigenvalue weighted by molar-refractivity contribution is -0.385. The fraction of sp³-hybridized carbons (Fsp3) is 0.500. The molecule has 0 unspecified atom stereocenters. The summed E-state index contributed by atoms with van der Waals surface area (Å²) >= 11 is 3.26. The highest BCUT2D eigenvalue weighted by molar-refractivity contribution is 9.10. The fourth-order valence-electron chi connectivity index (χ4n) is 1.80. The number of halogens is 1. The normalized spacial score (nSPS) is 11.0. The van der Waals surface area contributed by atoms with Crippen LogP contribution in [0.15, 0.2) is 22.7 Å². The van der Waals surface area contributed by atoms with Crippen LogP contribution < -0.4 is 5.32 Å². The van der Waals surface area contributed by atoms with Crippen molar-refractivity contribution in [3.05, 3.63) is 38.3 Å². The third-order valence-corrected chi connectivity index (χ3v) is 3.73. The maximum atomic E-state index is 11.7. The maximum absolute atomic E-state index is 11.7. The van der Waals surface area contributed by atoms with Crippen LogP contribution in [-0.2, 0) is 11.3 Å². The molecule has 1 amide bonds. The molecule has 1 N–H and O–H groups in total. The first-order valence-corrected chi connectivity index (χ1v) is 7.47. The van der Waals surface area contributed by atoms with Crippen LogP contribution in [0, 0.1) is 16.0 Å². The Hall–Kier alpha value is -1.47. The number of hydrogen-bond donors (Lipinski definition) is 1. The van der Waals surface area contributed by atoms with E-state index in [1.54, 1.807) is 19.2 Å². The Morgan fingerprint density at radius 3 is 2.71 bits per heavy atom. The van der Waals surface area contributed by atoms with Crippen LogP contribution in [0.3, 0.4) is 0 Å². The Kier molecular flexibility index (Phi) is 6.77. The van der Waals surface area contributed by atoms with Crippen LogP contribution in [0.25, 0.3) is 0 Å². The van der Waals surface area contributed by atoms with Crippen LogP contribution >= 0.6 is 15.9 Å². The van der Waals surface area contributed by atoms with Crippen molar-refractivity contribution in [1.29, 1.82) is 0 Å². The third-order valence-electron chi connectivity index (χ3n) is 2.82. The number of nitro groups is 1. The molecule has 0 bridgehead atoms. The molecule has 0 fully saturated rings. The molecule has 0 aliphatic carbocycles. The minimum atomic E-state index is -0.428. The molecule has 116 valence electrons. The molecule has 0 aromatic heterocycles. The standard InChI is InChI=1S/C14H20BrN3O3/c1-10(2)7-16-13(19)9-17(3)8-11-5-4-6-12(14(11)15)18(20)21/h4-6,10H,7-9H2,1-3H3,(H,16,19). The summed E-state index contributed by atoms with van der Waals surface area (Å²) < 4.78 is 0.462. The van der Waals surface area contributed by atoms with Gasteiger partial charge in [-0.2, -0.15) is 0 Å². The van der Waals surface area contributed by atoms with Gasteiger partial charge < -0.3 is 5.32 Å². The molecule has 21 heavy (non-hydrogen) atoms. The van der Waals surface area contributed by atoms with Gasteiger partial charge in [-0.15, -0.1) is 0 Å². The van der Waals surface area contributed by atoms with E-state index < -0.39 is 4.92 Å². The number of likely N-dealkylation sites (N-methyl/N-ethyl adjacent to an activating group) is 1. The second kappa shape index (κ2) is 8.09. The summed E-state index contributed by atoms with van der Waals surface area (Å²) in [5.41, 5.74) is 0.813. The predicted octanol–water partition coefficient (Wildman–Crippen LogP) is 2.56. The molecule has 0 saturated carbocycles. The molecule has 7 heteroatoms. The highest BCUT2D eigenvalue weighted by atomic mass is 79.9. The van der Waals surface area contributed by atoms with Crippen molar-refractivity contribution in [2.24, 2.45) is 5.92 Å². The summed E-state index contributed by atoms with van der Waals surface area (Å²) in [4.78, 5) is 24.0. The van der Waals surface area contributed by atoms with Crippen LogP contribution in [0.2, 0.25) is 0 Å². The third kappa shape index (κ3) is 5.81. The summed E-state index contributed by atoms with van der Waals surface area (Å²) in [6.45, 7) is 5.42. The van der Waals surface area contributed by atoms with Gasteiger partial charge >= 0.3 is 0 Å². The minimum Gasteiger partial charge on any atom is -0.355 e. The molecule has 0 radical (unpaired) electrons. The van der Waals surface area contributed by atoms with E-state index in [4.69, 9.17) is 0 Å². The number of carbonyl (C=O) groups excluding carboxylic acids is 1. The Morgan fingerprint density at radius 2 is 2.14 bits per heavy atom. The first-order valence-electron chi connectivity index (χ1n) is 6.68. The van der Waals surface area contributed by atoms with E-state index in [1.165, 1.54) is 6.07 Å². The van der Waals surface area contributed by atoms with E-state index in [0.29, 0.717) is 23.5 Å². The van der Waals surface area contributed by atoms with Gasteiger partial charge in [-0.3, -0.25) is 19.8 Å². The molecular formula is C14H20BrN3O3.